The number of sulfonamides is 1. The number of ether oxygens (including phenoxy) is 1. The highest BCUT2D eigenvalue weighted by Gasteiger charge is 2.34. The molecule has 1 aliphatic rings. The molecule has 0 bridgehead atoms. The molecule has 0 aliphatic carbocycles. The predicted molar refractivity (Wildman–Crippen MR) is 154 cm³/mol. The van der Waals surface area contributed by atoms with Crippen LogP contribution in [0.4, 0.5) is 13.2 Å². The van der Waals surface area contributed by atoms with Crippen molar-refractivity contribution in [2.24, 2.45) is 15.4 Å². The van der Waals surface area contributed by atoms with Gasteiger partial charge in [-0.15, -0.1) is 4.40 Å². The molecule has 1 heterocycles. The van der Waals surface area contributed by atoms with E-state index >= 15 is 0 Å². The van der Waals surface area contributed by atoms with E-state index in [9.17, 15) is 26.4 Å². The highest BCUT2D eigenvalue weighted by atomic mass is 35.5. The Labute approximate surface area is 245 Å². The molecule has 0 spiro atoms. The normalized spacial score (nSPS) is 16.8. The average molecular weight is 624 g/mol. The Bertz CT molecular complexity index is 1550. The first kappa shape index (κ1) is 30.6. The molecule has 13 heteroatoms. The topological polar surface area (TPSA) is 88.4 Å². The number of carbonyl (C=O) groups is 1. The molecule has 0 saturated carbocycles. The predicted octanol–water partition coefficient (Wildman–Crippen LogP) is 6.45. The molecule has 216 valence electrons. The van der Waals surface area contributed by atoms with Crippen molar-refractivity contribution >= 4 is 50.2 Å². The summed E-state index contributed by atoms with van der Waals surface area (Å²) < 4.78 is 74.4. The highest BCUT2D eigenvalue weighted by Crippen LogP contribution is 2.33. The van der Waals surface area contributed by atoms with E-state index in [4.69, 9.17) is 21.4 Å². The minimum absolute atomic E-state index is 0.0365. The van der Waals surface area contributed by atoms with Crippen LogP contribution in [0.3, 0.4) is 0 Å². The molecule has 0 saturated heterocycles. The summed E-state index contributed by atoms with van der Waals surface area (Å²) in [6, 6.07) is 19.7. The first-order valence-electron chi connectivity index (χ1n) is 12.3. The Morgan fingerprint density at radius 1 is 1.10 bits per heavy atom. The molecule has 0 aromatic heterocycles. The minimum atomic E-state index is -4.62. The summed E-state index contributed by atoms with van der Waals surface area (Å²) in [6.07, 6.45) is -4.62. The van der Waals surface area contributed by atoms with Crippen molar-refractivity contribution in [1.82, 2.24) is 5.01 Å². The number of halogens is 4. The molecule has 2 unspecified atom stereocenters. The number of nitrogens with zero attached hydrogens (tertiary/aromatic N) is 3. The Hall–Kier alpha value is -3.35. The molecule has 0 fully saturated rings. The van der Waals surface area contributed by atoms with E-state index in [1.54, 1.807) is 19.1 Å². The minimum Gasteiger partial charge on any atom is -0.469 e. The summed E-state index contributed by atoms with van der Waals surface area (Å²) in [7, 11) is -3.20. The van der Waals surface area contributed by atoms with Gasteiger partial charge in [-0.2, -0.15) is 26.7 Å². The van der Waals surface area contributed by atoms with Gasteiger partial charge in [-0.05, 0) is 47.5 Å². The summed E-state index contributed by atoms with van der Waals surface area (Å²) in [5.41, 5.74) is 1.36. The van der Waals surface area contributed by atoms with Crippen LogP contribution in [0, 0.1) is 5.92 Å². The van der Waals surface area contributed by atoms with Gasteiger partial charge in [0.15, 0.2) is 5.17 Å². The average Bonchev–Trinajstić information content (AvgIpc) is 3.40. The molecule has 3 aromatic rings. The van der Waals surface area contributed by atoms with Crippen LogP contribution in [0.2, 0.25) is 5.02 Å². The number of methoxy groups -OCH3 is 1. The van der Waals surface area contributed by atoms with Crippen LogP contribution in [-0.4, -0.2) is 49.7 Å². The third-order valence-corrected chi connectivity index (χ3v) is 9.10. The number of alkyl halides is 3. The number of carbonyl (C=O) groups excluding carboxylic acids is 1. The molecule has 41 heavy (non-hydrogen) atoms. The number of amidine groups is 1. The smallest absolute Gasteiger partial charge is 0.416 e. The standard InChI is InChI=1S/C28H25ClF3N3O4S2/c1-18(26(36)39-2)17-40-27(34-41(37,38)23-14-10-21(11-15-23)28(30,31)32)35-16-24(19-6-4-3-5-7-19)25(33-35)20-8-12-22(29)13-9-20/h3-15,18,24H,16-17H2,1-2H3. The van der Waals surface area contributed by atoms with Gasteiger partial charge < -0.3 is 4.74 Å². The lowest BCUT2D eigenvalue weighted by Crippen LogP contribution is -2.26. The van der Waals surface area contributed by atoms with Gasteiger partial charge in [0.1, 0.15) is 0 Å². The van der Waals surface area contributed by atoms with Gasteiger partial charge in [0.25, 0.3) is 10.0 Å². The van der Waals surface area contributed by atoms with Crippen LogP contribution in [0.5, 0.6) is 0 Å². The van der Waals surface area contributed by atoms with Crippen LogP contribution in [0.1, 0.15) is 29.5 Å². The van der Waals surface area contributed by atoms with Crippen LogP contribution >= 0.6 is 23.4 Å². The second kappa shape index (κ2) is 12.7. The maximum atomic E-state index is 13.3. The van der Waals surface area contributed by atoms with Gasteiger partial charge in [0.2, 0.25) is 0 Å². The Morgan fingerprint density at radius 3 is 2.32 bits per heavy atom. The number of rotatable bonds is 7. The molecule has 2 atom stereocenters. The summed E-state index contributed by atoms with van der Waals surface area (Å²) in [6.45, 7) is 1.85. The van der Waals surface area contributed by atoms with Crippen molar-refractivity contribution in [3.8, 4) is 0 Å². The molecule has 0 N–H and O–H groups in total. The molecule has 1 aliphatic heterocycles. The Kier molecular flexibility index (Phi) is 9.45. The summed E-state index contributed by atoms with van der Waals surface area (Å²) in [5.74, 6) is -1.24. The van der Waals surface area contributed by atoms with E-state index in [2.05, 4.69) is 4.40 Å². The monoisotopic (exact) mass is 623 g/mol. The molecular formula is C28H25ClF3N3O4S2. The first-order chi connectivity index (χ1) is 19.4. The number of hydrogen-bond donors (Lipinski definition) is 0. The molecule has 7 nitrogen and oxygen atoms in total. The molecule has 3 aromatic carbocycles. The van der Waals surface area contributed by atoms with E-state index in [0.717, 1.165) is 35.0 Å². The zero-order valence-corrected chi connectivity index (χ0v) is 24.3. The third kappa shape index (κ3) is 7.49. The van der Waals surface area contributed by atoms with E-state index in [-0.39, 0.29) is 23.4 Å². The number of benzene rings is 3. The molecule has 0 radical (unpaired) electrons. The molecule has 0 amide bonds. The van der Waals surface area contributed by atoms with E-state index in [1.165, 1.54) is 12.1 Å². The molecule has 4 rings (SSSR count). The van der Waals surface area contributed by atoms with Crippen LogP contribution in [-0.2, 0) is 25.7 Å². The Morgan fingerprint density at radius 2 is 1.73 bits per heavy atom. The highest BCUT2D eigenvalue weighted by molar-refractivity contribution is 8.14. The number of thioether (sulfide) groups is 1. The van der Waals surface area contributed by atoms with Crippen molar-refractivity contribution in [2.45, 2.75) is 23.9 Å². The van der Waals surface area contributed by atoms with Gasteiger partial charge in [-0.3, -0.25) is 4.79 Å². The van der Waals surface area contributed by atoms with E-state index in [0.29, 0.717) is 22.9 Å². The summed E-state index contributed by atoms with van der Waals surface area (Å²) in [4.78, 5) is 11.6. The maximum Gasteiger partial charge on any atom is 0.416 e. The second-order valence-corrected chi connectivity index (χ2v) is 12.2. The Balaban J connectivity index is 1.76. The van der Waals surface area contributed by atoms with Crippen molar-refractivity contribution in [1.29, 1.82) is 0 Å². The van der Waals surface area contributed by atoms with E-state index < -0.39 is 38.5 Å². The lowest BCUT2D eigenvalue weighted by molar-refractivity contribution is -0.144. The maximum absolute atomic E-state index is 13.3. The first-order valence-corrected chi connectivity index (χ1v) is 15.1. The largest absolute Gasteiger partial charge is 0.469 e. The van der Waals surface area contributed by atoms with Gasteiger partial charge in [0, 0.05) is 16.7 Å². The fourth-order valence-electron chi connectivity index (χ4n) is 4.04. The van der Waals surface area contributed by atoms with Crippen LogP contribution in [0.15, 0.2) is 93.3 Å². The zero-order valence-electron chi connectivity index (χ0n) is 21.9. The zero-order chi connectivity index (χ0) is 29.8. The van der Waals surface area contributed by atoms with Gasteiger partial charge in [0.05, 0.1) is 35.7 Å². The quantitative estimate of drug-likeness (QED) is 0.171. The summed E-state index contributed by atoms with van der Waals surface area (Å²) >= 11 is 7.07. The number of esters is 1. The van der Waals surface area contributed by atoms with Crippen molar-refractivity contribution < 1.29 is 31.1 Å². The number of hydrogen-bond acceptors (Lipinski definition) is 6. The van der Waals surface area contributed by atoms with Crippen LogP contribution in [0.25, 0.3) is 0 Å². The van der Waals surface area contributed by atoms with Crippen molar-refractivity contribution in [3.05, 3.63) is 101 Å². The van der Waals surface area contributed by atoms with Gasteiger partial charge in [-0.25, -0.2) is 5.01 Å². The van der Waals surface area contributed by atoms with Crippen molar-refractivity contribution in [3.63, 3.8) is 0 Å². The summed E-state index contributed by atoms with van der Waals surface area (Å²) in [5, 5.41) is 6.68. The lowest BCUT2D eigenvalue weighted by Gasteiger charge is -2.19. The fourth-order valence-corrected chi connectivity index (χ4v) is 6.35. The molecular weight excluding hydrogens is 599 g/mol. The number of hydrazone groups is 1. The van der Waals surface area contributed by atoms with Crippen molar-refractivity contribution in [2.75, 3.05) is 19.4 Å². The van der Waals surface area contributed by atoms with Crippen LogP contribution < -0.4 is 0 Å². The fraction of sp³-hybridized carbons (Fsp3) is 0.250. The third-order valence-electron chi connectivity index (χ3n) is 6.22. The lowest BCUT2D eigenvalue weighted by atomic mass is 9.91. The van der Waals surface area contributed by atoms with E-state index in [1.807, 2.05) is 42.5 Å². The SMILES string of the molecule is COC(=O)C(C)CSC(=NS(=O)(=O)c1ccc(C(F)(F)F)cc1)N1CC(c2ccccc2)C(c2ccc(Cl)cc2)=N1. The van der Waals surface area contributed by atoms with Gasteiger partial charge in [-0.1, -0.05) is 72.8 Å². The second-order valence-electron chi connectivity index (χ2n) is 9.14. The van der Waals surface area contributed by atoms with Gasteiger partial charge >= 0.3 is 12.1 Å².